The van der Waals surface area contributed by atoms with Gasteiger partial charge in [0, 0.05) is 43.1 Å². The zero-order valence-electron chi connectivity index (χ0n) is 19.2. The van der Waals surface area contributed by atoms with Crippen LogP contribution in [0.5, 0.6) is 0 Å². The van der Waals surface area contributed by atoms with E-state index in [1.807, 2.05) is 61.5 Å². The molecule has 1 unspecified atom stereocenters. The average Bonchev–Trinajstić information content (AvgIpc) is 2.85. The molecular weight excluding hydrogens is 431 g/mol. The summed E-state index contributed by atoms with van der Waals surface area (Å²) in [6, 6.07) is 23.3. The van der Waals surface area contributed by atoms with Gasteiger partial charge in [0.2, 0.25) is 11.8 Å². The van der Waals surface area contributed by atoms with Crippen LogP contribution in [-0.4, -0.2) is 60.4 Å². The Kier molecular flexibility index (Phi) is 7.67. The molecule has 3 aromatic carbocycles. The fraction of sp³-hybridized carbons (Fsp3) is 0.259. The first-order chi connectivity index (χ1) is 16.5. The largest absolute Gasteiger partial charge is 0.325 e. The molecule has 1 heterocycles. The molecule has 7 heteroatoms. The third-order valence-corrected chi connectivity index (χ3v) is 6.08. The Labute approximate surface area is 199 Å². The lowest BCUT2D eigenvalue weighted by molar-refractivity contribution is -0.122. The topological polar surface area (TPSA) is 64.7 Å². The van der Waals surface area contributed by atoms with Crippen molar-refractivity contribution in [3.63, 3.8) is 0 Å². The smallest absolute Gasteiger partial charge is 0.241 e. The summed E-state index contributed by atoms with van der Waals surface area (Å²) in [7, 11) is 0. The third kappa shape index (κ3) is 6.07. The second-order valence-electron chi connectivity index (χ2n) is 8.45. The normalized spacial score (nSPS) is 15.5. The number of nitrogens with one attached hydrogen (secondary N) is 2. The highest BCUT2D eigenvalue weighted by molar-refractivity contribution is 5.96. The molecular formula is C27H29FN4O2. The number of amides is 2. The van der Waals surface area contributed by atoms with Gasteiger partial charge in [-0.25, -0.2) is 4.39 Å². The van der Waals surface area contributed by atoms with Gasteiger partial charge in [-0.15, -0.1) is 0 Å². The van der Waals surface area contributed by atoms with Gasteiger partial charge in [0.25, 0.3) is 0 Å². The Morgan fingerprint density at radius 3 is 2.32 bits per heavy atom. The van der Waals surface area contributed by atoms with E-state index in [2.05, 4.69) is 20.4 Å². The minimum Gasteiger partial charge on any atom is -0.325 e. The fourth-order valence-corrected chi connectivity index (χ4v) is 4.14. The summed E-state index contributed by atoms with van der Waals surface area (Å²) in [4.78, 5) is 29.5. The van der Waals surface area contributed by atoms with Crippen LogP contribution in [0.25, 0.3) is 11.1 Å². The Hall–Kier alpha value is -3.55. The van der Waals surface area contributed by atoms with Crippen molar-refractivity contribution in [1.82, 2.24) is 9.80 Å². The second-order valence-corrected chi connectivity index (χ2v) is 8.45. The molecule has 1 atom stereocenters. The van der Waals surface area contributed by atoms with Gasteiger partial charge in [-0.05, 0) is 36.8 Å². The highest BCUT2D eigenvalue weighted by Crippen LogP contribution is 2.27. The fourth-order valence-electron chi connectivity index (χ4n) is 4.14. The van der Waals surface area contributed by atoms with E-state index in [9.17, 15) is 14.0 Å². The third-order valence-electron chi connectivity index (χ3n) is 6.08. The van der Waals surface area contributed by atoms with Crippen LogP contribution in [0.1, 0.15) is 6.92 Å². The first-order valence-corrected chi connectivity index (χ1v) is 11.5. The molecule has 0 saturated carbocycles. The van der Waals surface area contributed by atoms with E-state index in [0.717, 1.165) is 16.8 Å². The molecule has 1 fully saturated rings. The monoisotopic (exact) mass is 460 g/mol. The van der Waals surface area contributed by atoms with Gasteiger partial charge in [0.1, 0.15) is 5.82 Å². The highest BCUT2D eigenvalue weighted by atomic mass is 19.1. The number of rotatable bonds is 7. The maximum absolute atomic E-state index is 13.4. The van der Waals surface area contributed by atoms with Crippen LogP contribution in [0.4, 0.5) is 15.8 Å². The van der Waals surface area contributed by atoms with Crippen molar-refractivity contribution in [2.45, 2.75) is 13.0 Å². The molecule has 34 heavy (non-hydrogen) atoms. The lowest BCUT2D eigenvalue weighted by atomic mass is 10.0. The second kappa shape index (κ2) is 11.0. The Bertz CT molecular complexity index is 1130. The number of para-hydroxylation sites is 1. The number of anilines is 2. The van der Waals surface area contributed by atoms with Crippen molar-refractivity contribution in [1.29, 1.82) is 0 Å². The lowest BCUT2D eigenvalue weighted by Crippen LogP contribution is -2.53. The van der Waals surface area contributed by atoms with Crippen LogP contribution in [0.2, 0.25) is 0 Å². The van der Waals surface area contributed by atoms with Crippen molar-refractivity contribution in [2.24, 2.45) is 0 Å². The number of carbonyl (C=O) groups is 2. The summed E-state index contributed by atoms with van der Waals surface area (Å²) in [6.45, 7) is 4.85. The number of carbonyl (C=O) groups excluding carboxylic acids is 2. The van der Waals surface area contributed by atoms with E-state index in [-0.39, 0.29) is 23.7 Å². The maximum atomic E-state index is 13.4. The van der Waals surface area contributed by atoms with Crippen LogP contribution >= 0.6 is 0 Å². The molecule has 176 valence electrons. The minimum atomic E-state index is -0.385. The zero-order valence-corrected chi connectivity index (χ0v) is 19.2. The number of nitrogens with zero attached hydrogens (tertiary/aromatic N) is 2. The van der Waals surface area contributed by atoms with Crippen LogP contribution in [0, 0.1) is 5.82 Å². The molecule has 0 radical (unpaired) electrons. The molecule has 2 amide bonds. The van der Waals surface area contributed by atoms with Gasteiger partial charge in [-0.1, -0.05) is 54.6 Å². The Morgan fingerprint density at radius 2 is 1.59 bits per heavy atom. The average molecular weight is 461 g/mol. The summed E-state index contributed by atoms with van der Waals surface area (Å²) in [5, 5.41) is 5.82. The Balaban J connectivity index is 1.27. The summed E-state index contributed by atoms with van der Waals surface area (Å²) >= 11 is 0. The van der Waals surface area contributed by atoms with Gasteiger partial charge in [0.05, 0.1) is 12.6 Å². The molecule has 0 spiro atoms. The van der Waals surface area contributed by atoms with Crippen molar-refractivity contribution in [2.75, 3.05) is 43.4 Å². The highest BCUT2D eigenvalue weighted by Gasteiger charge is 2.26. The van der Waals surface area contributed by atoms with Gasteiger partial charge in [-0.3, -0.25) is 19.4 Å². The summed E-state index contributed by atoms with van der Waals surface area (Å²) in [6.07, 6.45) is 0. The lowest BCUT2D eigenvalue weighted by Gasteiger charge is -2.37. The quantitative estimate of drug-likeness (QED) is 0.558. The Morgan fingerprint density at radius 1 is 0.882 bits per heavy atom. The predicted octanol–water partition coefficient (Wildman–Crippen LogP) is 4.08. The minimum absolute atomic E-state index is 0.0614. The van der Waals surface area contributed by atoms with Gasteiger partial charge >= 0.3 is 0 Å². The molecule has 3 aromatic rings. The SMILES string of the molecule is CC(C(=O)Nc1cccc(F)c1)N1CCN(CC(=O)Nc2ccccc2-c2ccccc2)CC1. The van der Waals surface area contributed by atoms with Crippen LogP contribution in [0.3, 0.4) is 0 Å². The van der Waals surface area contributed by atoms with E-state index in [1.165, 1.54) is 12.1 Å². The van der Waals surface area contributed by atoms with Crippen molar-refractivity contribution >= 4 is 23.2 Å². The number of halogens is 1. The molecule has 1 aliphatic rings. The molecule has 0 aliphatic carbocycles. The van der Waals surface area contributed by atoms with E-state index in [1.54, 1.807) is 12.1 Å². The summed E-state index contributed by atoms with van der Waals surface area (Å²) in [5.41, 5.74) is 3.28. The van der Waals surface area contributed by atoms with Gasteiger partial charge in [-0.2, -0.15) is 0 Å². The number of hydrogen-bond donors (Lipinski definition) is 2. The van der Waals surface area contributed by atoms with Crippen LogP contribution < -0.4 is 10.6 Å². The molecule has 1 saturated heterocycles. The molecule has 1 aliphatic heterocycles. The maximum Gasteiger partial charge on any atom is 0.241 e. The van der Waals surface area contributed by atoms with Crippen LogP contribution in [-0.2, 0) is 9.59 Å². The molecule has 6 nitrogen and oxygen atoms in total. The van der Waals surface area contributed by atoms with E-state index >= 15 is 0 Å². The van der Waals surface area contributed by atoms with Gasteiger partial charge in [0.15, 0.2) is 0 Å². The number of benzene rings is 3. The first kappa shape index (κ1) is 23.6. The van der Waals surface area contributed by atoms with E-state index in [4.69, 9.17) is 0 Å². The molecule has 2 N–H and O–H groups in total. The predicted molar refractivity (Wildman–Crippen MR) is 133 cm³/mol. The molecule has 0 bridgehead atoms. The van der Waals surface area contributed by atoms with Gasteiger partial charge < -0.3 is 10.6 Å². The van der Waals surface area contributed by atoms with Crippen LogP contribution in [0.15, 0.2) is 78.9 Å². The summed E-state index contributed by atoms with van der Waals surface area (Å²) in [5.74, 6) is -0.619. The van der Waals surface area contributed by atoms with Crippen molar-refractivity contribution in [3.05, 3.63) is 84.7 Å². The van der Waals surface area contributed by atoms with E-state index < -0.39 is 0 Å². The molecule has 0 aromatic heterocycles. The zero-order chi connectivity index (χ0) is 23.9. The van der Waals surface area contributed by atoms with Crippen molar-refractivity contribution < 1.29 is 14.0 Å². The summed E-state index contributed by atoms with van der Waals surface area (Å²) < 4.78 is 13.4. The van der Waals surface area contributed by atoms with E-state index in [0.29, 0.717) is 38.4 Å². The standard InChI is InChI=1S/C27H29FN4O2/c1-20(27(34)29-23-11-7-10-22(28)18-23)32-16-14-31(15-17-32)19-26(33)30-25-13-6-5-12-24(25)21-8-3-2-4-9-21/h2-13,18,20H,14-17,19H2,1H3,(H,29,34)(H,30,33). The van der Waals surface area contributed by atoms with Crippen molar-refractivity contribution in [3.8, 4) is 11.1 Å². The first-order valence-electron chi connectivity index (χ1n) is 11.5. The molecule has 4 rings (SSSR count). The number of piperazine rings is 1. The number of hydrogen-bond acceptors (Lipinski definition) is 4.